The zero-order valence-electron chi connectivity index (χ0n) is 10.3. The zero-order valence-corrected chi connectivity index (χ0v) is 11.3. The maximum absolute atomic E-state index is 5.91. The number of hydrogen-bond acceptors (Lipinski definition) is 1. The molecule has 0 rings (SSSR count). The van der Waals surface area contributed by atoms with E-state index < -0.39 is 8.32 Å². The lowest BCUT2D eigenvalue weighted by molar-refractivity contribution is 0.362. The van der Waals surface area contributed by atoms with Crippen LogP contribution in [0.15, 0.2) is 0 Å². The summed E-state index contributed by atoms with van der Waals surface area (Å²) in [6.45, 7) is 13.9. The van der Waals surface area contributed by atoms with E-state index in [-0.39, 0.29) is 0 Å². The third kappa shape index (κ3) is 3.10. The molecule has 0 aromatic rings. The van der Waals surface area contributed by atoms with Crippen LogP contribution in [0.1, 0.15) is 41.5 Å². The maximum Gasteiger partial charge on any atom is 0.197 e. The molecule has 0 aliphatic carbocycles. The predicted molar refractivity (Wildman–Crippen MR) is 62.6 cm³/mol. The molecule has 0 fully saturated rings. The van der Waals surface area contributed by atoms with Crippen LogP contribution >= 0.6 is 0 Å². The van der Waals surface area contributed by atoms with Crippen molar-refractivity contribution < 1.29 is 4.43 Å². The minimum atomic E-state index is -1.49. The van der Waals surface area contributed by atoms with E-state index in [1.54, 1.807) is 0 Å². The lowest BCUT2D eigenvalue weighted by Gasteiger charge is -2.38. The molecule has 0 aromatic heterocycles. The molecule has 0 atom stereocenters. The highest BCUT2D eigenvalue weighted by molar-refractivity contribution is 6.76. The van der Waals surface area contributed by atoms with Gasteiger partial charge in [0, 0.05) is 7.11 Å². The minimum absolute atomic E-state index is 0.722. The van der Waals surface area contributed by atoms with Gasteiger partial charge in [-0.15, -0.1) is 0 Å². The summed E-state index contributed by atoms with van der Waals surface area (Å²) in [5.41, 5.74) is 1.44. The van der Waals surface area contributed by atoms with Crippen molar-refractivity contribution >= 4 is 8.32 Å². The predicted octanol–water partition coefficient (Wildman–Crippen LogP) is 4.05. The Balaban J connectivity index is 4.65. The molecule has 80 valence electrons. The first-order chi connectivity index (χ1) is 5.86. The van der Waals surface area contributed by atoms with E-state index in [0.29, 0.717) is 0 Å². The van der Waals surface area contributed by atoms with E-state index >= 15 is 0 Å². The zero-order chi connectivity index (χ0) is 10.6. The second-order valence-electron chi connectivity index (χ2n) is 5.07. The van der Waals surface area contributed by atoms with Crippen LogP contribution in [0.4, 0.5) is 0 Å². The number of hydrogen-bond donors (Lipinski definition) is 0. The molecule has 0 aromatic carbocycles. The van der Waals surface area contributed by atoms with Gasteiger partial charge in [-0.1, -0.05) is 41.5 Å². The van der Waals surface area contributed by atoms with Crippen molar-refractivity contribution in [2.45, 2.75) is 58.7 Å². The standard InChI is InChI=1S/C11H26OSi/c1-9(2)8-13(12-7,10(3)4)11(5)6/h9-11H,8H2,1-7H3. The fourth-order valence-electron chi connectivity index (χ4n) is 2.33. The molecule has 2 heteroatoms. The van der Waals surface area contributed by atoms with Crippen molar-refractivity contribution in [1.82, 2.24) is 0 Å². The molecule has 0 N–H and O–H groups in total. The molecule has 0 saturated heterocycles. The first-order valence-corrected chi connectivity index (χ1v) is 7.69. The summed E-state index contributed by atoms with van der Waals surface area (Å²) < 4.78 is 5.91. The first kappa shape index (κ1) is 13.2. The summed E-state index contributed by atoms with van der Waals surface area (Å²) in [7, 11) is 0.424. The maximum atomic E-state index is 5.91. The second-order valence-corrected chi connectivity index (χ2v) is 10.1. The molecule has 13 heavy (non-hydrogen) atoms. The van der Waals surface area contributed by atoms with E-state index in [1.807, 2.05) is 7.11 Å². The van der Waals surface area contributed by atoms with Gasteiger partial charge < -0.3 is 4.43 Å². The molecule has 0 aliphatic rings. The van der Waals surface area contributed by atoms with Crippen molar-refractivity contribution in [3.8, 4) is 0 Å². The van der Waals surface area contributed by atoms with Crippen LogP contribution in [0, 0.1) is 5.92 Å². The van der Waals surface area contributed by atoms with E-state index in [0.717, 1.165) is 17.0 Å². The molecule has 0 aliphatic heterocycles. The van der Waals surface area contributed by atoms with Gasteiger partial charge in [0.2, 0.25) is 0 Å². The summed E-state index contributed by atoms with van der Waals surface area (Å²) in [5, 5.41) is 0. The smallest absolute Gasteiger partial charge is 0.197 e. The Bertz CT molecular complexity index is 133. The Morgan fingerprint density at radius 1 is 0.923 bits per heavy atom. The molecule has 0 heterocycles. The van der Waals surface area contributed by atoms with Crippen molar-refractivity contribution in [2.24, 2.45) is 5.92 Å². The van der Waals surface area contributed by atoms with E-state index in [2.05, 4.69) is 41.5 Å². The highest BCUT2D eigenvalue weighted by Gasteiger charge is 2.41. The Labute approximate surface area is 85.0 Å². The van der Waals surface area contributed by atoms with Crippen LogP contribution in [-0.4, -0.2) is 15.4 Å². The second kappa shape index (κ2) is 5.16. The third-order valence-corrected chi connectivity index (χ3v) is 9.19. The summed E-state index contributed by atoms with van der Waals surface area (Å²) >= 11 is 0. The van der Waals surface area contributed by atoms with Crippen molar-refractivity contribution in [2.75, 3.05) is 7.11 Å². The summed E-state index contributed by atoms with van der Waals surface area (Å²) in [5.74, 6) is 0.761. The van der Waals surface area contributed by atoms with Crippen molar-refractivity contribution in [1.29, 1.82) is 0 Å². The summed E-state index contributed by atoms with van der Waals surface area (Å²) in [4.78, 5) is 0. The van der Waals surface area contributed by atoms with E-state index in [1.165, 1.54) is 6.04 Å². The van der Waals surface area contributed by atoms with Crippen LogP contribution in [-0.2, 0) is 4.43 Å². The van der Waals surface area contributed by atoms with Crippen LogP contribution in [0.3, 0.4) is 0 Å². The highest BCUT2D eigenvalue weighted by atomic mass is 28.4. The average molecular weight is 202 g/mol. The van der Waals surface area contributed by atoms with Gasteiger partial charge in [-0.05, 0) is 23.0 Å². The van der Waals surface area contributed by atoms with Gasteiger partial charge in [0.1, 0.15) is 0 Å². The lowest BCUT2D eigenvalue weighted by Crippen LogP contribution is -2.44. The van der Waals surface area contributed by atoms with Crippen LogP contribution in [0.5, 0.6) is 0 Å². The fraction of sp³-hybridized carbons (Fsp3) is 1.00. The molecule has 0 bridgehead atoms. The molecule has 0 saturated carbocycles. The monoisotopic (exact) mass is 202 g/mol. The van der Waals surface area contributed by atoms with E-state index in [4.69, 9.17) is 4.43 Å². The summed E-state index contributed by atoms with van der Waals surface area (Å²) in [6.07, 6.45) is 0. The van der Waals surface area contributed by atoms with Crippen LogP contribution < -0.4 is 0 Å². The molecule has 1 nitrogen and oxygen atoms in total. The topological polar surface area (TPSA) is 9.23 Å². The van der Waals surface area contributed by atoms with Gasteiger partial charge in [-0.3, -0.25) is 0 Å². The Morgan fingerprint density at radius 2 is 1.31 bits per heavy atom. The Kier molecular flexibility index (Phi) is 5.23. The van der Waals surface area contributed by atoms with E-state index in [9.17, 15) is 0 Å². The normalized spacial score (nSPS) is 13.4. The lowest BCUT2D eigenvalue weighted by atomic mass is 10.3. The molecule has 0 spiro atoms. The molecule has 0 radical (unpaired) electrons. The third-order valence-electron chi connectivity index (χ3n) is 3.06. The van der Waals surface area contributed by atoms with Gasteiger partial charge in [0.25, 0.3) is 0 Å². The minimum Gasteiger partial charge on any atom is -0.419 e. The van der Waals surface area contributed by atoms with Gasteiger partial charge in [-0.25, -0.2) is 0 Å². The van der Waals surface area contributed by atoms with Crippen LogP contribution in [0.25, 0.3) is 0 Å². The van der Waals surface area contributed by atoms with Gasteiger partial charge in [0.15, 0.2) is 8.32 Å². The van der Waals surface area contributed by atoms with Gasteiger partial charge in [0.05, 0.1) is 0 Å². The quantitative estimate of drug-likeness (QED) is 0.611. The SMILES string of the molecule is CO[Si](CC(C)C)(C(C)C)C(C)C. The first-order valence-electron chi connectivity index (χ1n) is 5.42. The summed E-state index contributed by atoms with van der Waals surface area (Å²) in [6, 6.07) is 1.29. The molecular weight excluding hydrogens is 176 g/mol. The molecular formula is C11H26OSi. The fourth-order valence-corrected chi connectivity index (χ4v) is 6.99. The van der Waals surface area contributed by atoms with Crippen molar-refractivity contribution in [3.63, 3.8) is 0 Å². The highest BCUT2D eigenvalue weighted by Crippen LogP contribution is 2.38. The average Bonchev–Trinajstić information content (AvgIpc) is 1.98. The van der Waals surface area contributed by atoms with Crippen molar-refractivity contribution in [3.05, 3.63) is 0 Å². The largest absolute Gasteiger partial charge is 0.419 e. The number of rotatable bonds is 5. The van der Waals surface area contributed by atoms with Crippen LogP contribution in [0.2, 0.25) is 17.1 Å². The Morgan fingerprint density at radius 3 is 1.38 bits per heavy atom. The van der Waals surface area contributed by atoms with Gasteiger partial charge >= 0.3 is 0 Å². The van der Waals surface area contributed by atoms with Gasteiger partial charge in [-0.2, -0.15) is 0 Å². The molecule has 0 amide bonds. The Hall–Kier alpha value is 0.177. The molecule has 0 unspecified atom stereocenters.